The molecule has 1 amide bonds. The first kappa shape index (κ1) is 20.6. The van der Waals surface area contributed by atoms with Crippen molar-refractivity contribution < 1.29 is 14.0 Å². The predicted octanol–water partition coefficient (Wildman–Crippen LogP) is 4.54. The first-order valence-electron chi connectivity index (χ1n) is 10.1. The lowest BCUT2D eigenvalue weighted by Gasteiger charge is -2.43. The summed E-state index contributed by atoms with van der Waals surface area (Å²) in [5.74, 6) is 0.738. The van der Waals surface area contributed by atoms with E-state index < -0.39 is 8.32 Å². The third-order valence-electron chi connectivity index (χ3n) is 6.61. The van der Waals surface area contributed by atoms with Gasteiger partial charge in [0, 0.05) is 19.1 Å². The second kappa shape index (κ2) is 8.34. The van der Waals surface area contributed by atoms with Gasteiger partial charge in [-0.1, -0.05) is 40.0 Å². The van der Waals surface area contributed by atoms with Gasteiger partial charge in [0.15, 0.2) is 8.32 Å². The molecule has 1 unspecified atom stereocenters. The summed E-state index contributed by atoms with van der Waals surface area (Å²) < 4.78 is 6.82. The zero-order valence-corrected chi connectivity index (χ0v) is 17.8. The largest absolute Gasteiger partial charge is 0.414 e. The Bertz CT molecular complexity index is 466. The minimum Gasteiger partial charge on any atom is -0.414 e. The van der Waals surface area contributed by atoms with E-state index >= 15 is 0 Å². The van der Waals surface area contributed by atoms with Crippen molar-refractivity contribution in [3.05, 3.63) is 0 Å². The number of rotatable bonds is 7. The van der Waals surface area contributed by atoms with Crippen LogP contribution in [0.3, 0.4) is 0 Å². The minimum atomic E-state index is -1.84. The van der Waals surface area contributed by atoms with E-state index in [0.717, 1.165) is 12.7 Å². The molecule has 0 N–H and O–H groups in total. The van der Waals surface area contributed by atoms with Crippen LogP contribution in [0, 0.1) is 5.92 Å². The summed E-state index contributed by atoms with van der Waals surface area (Å²) in [5.41, 5.74) is 0. The average Bonchev–Trinajstić information content (AvgIpc) is 2.91. The molecule has 2 aliphatic rings. The van der Waals surface area contributed by atoms with Crippen molar-refractivity contribution in [2.24, 2.45) is 5.92 Å². The number of hydrogen-bond acceptors (Lipinski definition) is 3. The Labute approximate surface area is 154 Å². The van der Waals surface area contributed by atoms with Crippen molar-refractivity contribution in [3.8, 4) is 0 Å². The van der Waals surface area contributed by atoms with Crippen LogP contribution in [-0.4, -0.2) is 44.1 Å². The summed E-state index contributed by atoms with van der Waals surface area (Å²) in [7, 11) is -1.84. The third-order valence-corrected chi connectivity index (χ3v) is 11.1. The lowest BCUT2D eigenvalue weighted by atomic mass is 9.84. The van der Waals surface area contributed by atoms with Crippen molar-refractivity contribution >= 4 is 20.5 Å². The highest BCUT2D eigenvalue weighted by Gasteiger charge is 2.41. The molecule has 2 fully saturated rings. The van der Waals surface area contributed by atoms with Gasteiger partial charge in [-0.2, -0.15) is 0 Å². The molecule has 2 rings (SSSR count). The van der Waals surface area contributed by atoms with E-state index in [1.807, 2.05) is 0 Å². The van der Waals surface area contributed by atoms with Crippen LogP contribution in [0.1, 0.15) is 72.1 Å². The van der Waals surface area contributed by atoms with Crippen LogP contribution in [0.25, 0.3) is 0 Å². The van der Waals surface area contributed by atoms with Crippen molar-refractivity contribution in [3.63, 3.8) is 0 Å². The topological polar surface area (TPSA) is 46.6 Å². The highest BCUT2D eigenvalue weighted by molar-refractivity contribution is 6.74. The maximum absolute atomic E-state index is 12.1. The lowest BCUT2D eigenvalue weighted by molar-refractivity contribution is -0.131. The molecule has 1 saturated carbocycles. The number of hydrogen-bond donors (Lipinski definition) is 0. The quantitative estimate of drug-likeness (QED) is 0.490. The molecule has 1 aliphatic carbocycles. The summed E-state index contributed by atoms with van der Waals surface area (Å²) in [6.07, 6.45) is 9.63. The summed E-state index contributed by atoms with van der Waals surface area (Å²) in [6, 6.07) is -0.215. The molecule has 4 nitrogen and oxygen atoms in total. The summed E-state index contributed by atoms with van der Waals surface area (Å²) in [6.45, 7) is 12.1. The van der Waals surface area contributed by atoms with E-state index in [0.29, 0.717) is 25.3 Å². The molecular formula is C20H37NO3Si. The molecule has 1 heterocycles. The van der Waals surface area contributed by atoms with E-state index in [4.69, 9.17) is 4.43 Å². The molecule has 0 aromatic carbocycles. The Morgan fingerprint density at radius 2 is 1.84 bits per heavy atom. The molecule has 0 bridgehead atoms. The number of likely N-dealkylation sites (tertiary alicyclic amines) is 1. The Kier molecular flexibility index (Phi) is 6.88. The second-order valence-electron chi connectivity index (χ2n) is 9.43. The van der Waals surface area contributed by atoms with E-state index in [2.05, 4.69) is 33.9 Å². The Morgan fingerprint density at radius 1 is 1.20 bits per heavy atom. The molecule has 0 aromatic heterocycles. The normalized spacial score (nSPS) is 24.6. The SMILES string of the molecule is CC(C)(C)[Si](C)(C)O[C@H](CCN1C(=O)CCC1C=O)C1CCCCC1. The van der Waals surface area contributed by atoms with Gasteiger partial charge < -0.3 is 14.1 Å². The third kappa shape index (κ3) is 5.16. The van der Waals surface area contributed by atoms with Gasteiger partial charge in [0.2, 0.25) is 5.91 Å². The molecule has 1 saturated heterocycles. The molecule has 0 spiro atoms. The smallest absolute Gasteiger partial charge is 0.223 e. The zero-order valence-electron chi connectivity index (χ0n) is 16.8. The fourth-order valence-corrected chi connectivity index (χ4v) is 5.33. The van der Waals surface area contributed by atoms with Crippen molar-refractivity contribution in [1.82, 2.24) is 4.90 Å². The Morgan fingerprint density at radius 3 is 2.40 bits per heavy atom. The van der Waals surface area contributed by atoms with Crippen LogP contribution in [0.2, 0.25) is 18.1 Å². The van der Waals surface area contributed by atoms with Gasteiger partial charge in [0.05, 0.1) is 6.04 Å². The maximum Gasteiger partial charge on any atom is 0.223 e. The fourth-order valence-electron chi connectivity index (χ4n) is 3.91. The van der Waals surface area contributed by atoms with Crippen LogP contribution in [0.15, 0.2) is 0 Å². The van der Waals surface area contributed by atoms with Crippen LogP contribution in [-0.2, 0) is 14.0 Å². The van der Waals surface area contributed by atoms with Gasteiger partial charge in [-0.3, -0.25) is 4.79 Å². The second-order valence-corrected chi connectivity index (χ2v) is 14.2. The van der Waals surface area contributed by atoms with E-state index in [-0.39, 0.29) is 23.1 Å². The summed E-state index contributed by atoms with van der Waals surface area (Å²) in [5, 5.41) is 0.189. The summed E-state index contributed by atoms with van der Waals surface area (Å²) >= 11 is 0. The highest BCUT2D eigenvalue weighted by atomic mass is 28.4. The van der Waals surface area contributed by atoms with Gasteiger partial charge in [0.1, 0.15) is 6.29 Å². The van der Waals surface area contributed by atoms with Crippen LogP contribution < -0.4 is 0 Å². The molecule has 0 aromatic rings. The number of carbonyl (C=O) groups is 2. The molecule has 144 valence electrons. The van der Waals surface area contributed by atoms with Gasteiger partial charge in [-0.15, -0.1) is 0 Å². The monoisotopic (exact) mass is 367 g/mol. The van der Waals surface area contributed by atoms with Crippen molar-refractivity contribution in [2.75, 3.05) is 6.54 Å². The maximum atomic E-state index is 12.1. The van der Waals surface area contributed by atoms with Crippen molar-refractivity contribution in [1.29, 1.82) is 0 Å². The zero-order chi connectivity index (χ0) is 18.7. The lowest BCUT2D eigenvalue weighted by Crippen LogP contribution is -2.47. The van der Waals surface area contributed by atoms with E-state index in [1.165, 1.54) is 32.1 Å². The van der Waals surface area contributed by atoms with Crippen LogP contribution in [0.4, 0.5) is 0 Å². The molecule has 1 aliphatic heterocycles. The Hall–Kier alpha value is -0.683. The first-order valence-corrected chi connectivity index (χ1v) is 13.0. The molecule has 25 heavy (non-hydrogen) atoms. The fraction of sp³-hybridized carbons (Fsp3) is 0.900. The van der Waals surface area contributed by atoms with E-state index in [9.17, 15) is 9.59 Å². The van der Waals surface area contributed by atoms with Gasteiger partial charge >= 0.3 is 0 Å². The predicted molar refractivity (Wildman–Crippen MR) is 104 cm³/mol. The summed E-state index contributed by atoms with van der Waals surface area (Å²) in [4.78, 5) is 25.2. The minimum absolute atomic E-state index is 0.131. The van der Waals surface area contributed by atoms with Gasteiger partial charge in [0.25, 0.3) is 0 Å². The first-order chi connectivity index (χ1) is 11.7. The molecule has 0 radical (unpaired) electrons. The molecular weight excluding hydrogens is 330 g/mol. The van der Waals surface area contributed by atoms with Crippen molar-refractivity contribution in [2.45, 2.75) is 102 Å². The van der Waals surface area contributed by atoms with Gasteiger partial charge in [-0.25, -0.2) is 0 Å². The number of amides is 1. The van der Waals surface area contributed by atoms with E-state index in [1.54, 1.807) is 4.90 Å². The molecule has 5 heteroatoms. The number of nitrogens with zero attached hydrogens (tertiary/aromatic N) is 1. The Balaban J connectivity index is 2.06. The highest BCUT2D eigenvalue weighted by Crippen LogP contribution is 2.40. The number of aldehydes is 1. The van der Waals surface area contributed by atoms with Crippen LogP contribution >= 0.6 is 0 Å². The standard InChI is InChI=1S/C20H37NO3Si/c1-20(2,3)25(4,5)24-18(16-9-7-6-8-10-16)13-14-21-17(15-22)11-12-19(21)23/h15-18H,6-14H2,1-5H3/t17?,18-/m1/s1. The van der Waals surface area contributed by atoms with Crippen LogP contribution in [0.5, 0.6) is 0 Å². The average molecular weight is 368 g/mol. The van der Waals surface area contributed by atoms with Gasteiger partial charge in [-0.05, 0) is 49.7 Å². The molecule has 2 atom stereocenters. The number of carbonyl (C=O) groups excluding carboxylic acids is 2.